The van der Waals surface area contributed by atoms with Crippen LogP contribution in [0.3, 0.4) is 0 Å². The monoisotopic (exact) mass is 665 g/mol. The molecule has 1 aromatic heterocycles. The van der Waals surface area contributed by atoms with E-state index in [1.165, 1.54) is 49.8 Å². The summed E-state index contributed by atoms with van der Waals surface area (Å²) in [4.78, 5) is 0. The van der Waals surface area contributed by atoms with Crippen LogP contribution in [-0.2, 0) is 6.54 Å². The molecule has 1 unspecified atom stereocenters. The highest BCUT2D eigenvalue weighted by Gasteiger charge is 2.31. The number of aryl methyl sites for hydroxylation is 1. The van der Waals surface area contributed by atoms with E-state index < -0.39 is 0 Å². The van der Waals surface area contributed by atoms with Gasteiger partial charge in [0.15, 0.2) is 0 Å². The summed E-state index contributed by atoms with van der Waals surface area (Å²) in [5.41, 5.74) is 7.31. The SMILES string of the molecule is CCCCn1c(=CC=C2CC(C)CC(C=CC3=[N+](CCCC)c4ccc(Cl)c5cccc3c45)=C2Cl)c2c(Cl)ccc3cccc1c32. The van der Waals surface area contributed by atoms with Crippen molar-refractivity contribution < 1.29 is 4.58 Å². The number of nitrogens with zero attached hydrogens (tertiary/aromatic N) is 2. The van der Waals surface area contributed by atoms with Crippen molar-refractivity contribution in [3.8, 4) is 0 Å². The third-order valence-corrected chi connectivity index (χ3v) is 10.8. The zero-order valence-corrected chi connectivity index (χ0v) is 29.1. The fraction of sp³-hybridized carbons (Fsp3) is 0.293. The summed E-state index contributed by atoms with van der Waals surface area (Å²) < 4.78 is 4.91. The molecule has 2 nitrogen and oxygen atoms in total. The van der Waals surface area contributed by atoms with Crippen molar-refractivity contribution in [3.05, 3.63) is 116 Å². The molecule has 2 aliphatic rings. The zero-order chi connectivity index (χ0) is 31.9. The van der Waals surface area contributed by atoms with Crippen LogP contribution >= 0.6 is 34.8 Å². The number of benzene rings is 4. The molecule has 1 aliphatic heterocycles. The number of hydrogen-bond donors (Lipinski definition) is 0. The van der Waals surface area contributed by atoms with Crippen LogP contribution in [0.5, 0.6) is 0 Å². The first kappa shape index (κ1) is 31.3. The number of hydrogen-bond acceptors (Lipinski definition) is 0. The Labute approximate surface area is 286 Å². The molecule has 5 aromatic rings. The molecule has 0 saturated heterocycles. The fourth-order valence-electron chi connectivity index (χ4n) is 7.46. The Morgan fingerprint density at radius 1 is 0.804 bits per heavy atom. The summed E-state index contributed by atoms with van der Waals surface area (Å²) in [6.07, 6.45) is 15.4. The summed E-state index contributed by atoms with van der Waals surface area (Å²) in [5.74, 6) is 0.486. The van der Waals surface area contributed by atoms with E-state index in [1.807, 2.05) is 12.1 Å². The summed E-state index contributed by atoms with van der Waals surface area (Å²) in [7, 11) is 0. The first-order chi connectivity index (χ1) is 22.4. The molecule has 0 bridgehead atoms. The third-order valence-electron chi connectivity index (χ3n) is 9.69. The van der Waals surface area contributed by atoms with Gasteiger partial charge in [-0.1, -0.05) is 111 Å². The lowest BCUT2D eigenvalue weighted by molar-refractivity contribution is -0.436. The van der Waals surface area contributed by atoms with Crippen LogP contribution in [0.2, 0.25) is 10.0 Å². The first-order valence-electron chi connectivity index (χ1n) is 16.7. The van der Waals surface area contributed by atoms with Gasteiger partial charge in [-0.25, -0.2) is 0 Å². The van der Waals surface area contributed by atoms with Crippen LogP contribution in [-0.4, -0.2) is 21.4 Å². The summed E-state index contributed by atoms with van der Waals surface area (Å²) in [5, 5.41) is 9.58. The van der Waals surface area contributed by atoms with Crippen molar-refractivity contribution in [2.45, 2.75) is 65.8 Å². The summed E-state index contributed by atoms with van der Waals surface area (Å²) in [6, 6.07) is 21.4. The third kappa shape index (κ3) is 5.43. The number of allylic oxidation sites excluding steroid dienone is 6. The largest absolute Gasteiger partial charge is 0.340 e. The topological polar surface area (TPSA) is 7.94 Å². The van der Waals surface area contributed by atoms with Gasteiger partial charge >= 0.3 is 0 Å². The molecule has 0 fully saturated rings. The number of halogens is 3. The van der Waals surface area contributed by atoms with Crippen molar-refractivity contribution in [2.75, 3.05) is 6.54 Å². The Hall–Kier alpha value is -3.30. The lowest BCUT2D eigenvalue weighted by Gasteiger charge is -2.22. The second-order valence-corrected chi connectivity index (χ2v) is 14.1. The lowest BCUT2D eigenvalue weighted by Crippen LogP contribution is -2.17. The van der Waals surface area contributed by atoms with E-state index >= 15 is 0 Å². The maximum absolute atomic E-state index is 7.27. The van der Waals surface area contributed by atoms with Gasteiger partial charge in [-0.05, 0) is 72.1 Å². The van der Waals surface area contributed by atoms with Crippen molar-refractivity contribution in [1.29, 1.82) is 0 Å². The summed E-state index contributed by atoms with van der Waals surface area (Å²) >= 11 is 20.8. The molecule has 46 heavy (non-hydrogen) atoms. The highest BCUT2D eigenvalue weighted by Crippen LogP contribution is 2.40. The standard InChI is InChI=1S/C41H40Cl3N2/c1-4-6-22-45-34(31-12-9-11-30-32(42)18-21-36(45)39(30)31)19-15-28-24-26(3)25-29(41(28)44)16-20-37-40-33(43)17-14-27-10-8-13-35(38(27)40)46(37)23-7-5-2/h8-21,26H,4-7,22-25H2,1-3H3/q+1. The van der Waals surface area contributed by atoms with E-state index in [0.717, 1.165) is 82.8 Å². The molecule has 1 aliphatic carbocycles. The average Bonchev–Trinajstić information content (AvgIpc) is 3.55. The second kappa shape index (κ2) is 13.1. The Morgan fingerprint density at radius 2 is 1.61 bits per heavy atom. The van der Waals surface area contributed by atoms with Gasteiger partial charge in [0.2, 0.25) is 11.4 Å². The Kier molecular flexibility index (Phi) is 8.89. The smallest absolute Gasteiger partial charge is 0.214 e. The van der Waals surface area contributed by atoms with Crippen LogP contribution in [0, 0.1) is 5.92 Å². The Bertz CT molecular complexity index is 2180. The maximum Gasteiger partial charge on any atom is 0.214 e. The number of unbranched alkanes of at least 4 members (excludes halogenated alkanes) is 2. The Balaban J connectivity index is 1.33. The van der Waals surface area contributed by atoms with Crippen molar-refractivity contribution in [2.24, 2.45) is 5.92 Å². The molecular weight excluding hydrogens is 627 g/mol. The van der Waals surface area contributed by atoms with Crippen LogP contribution in [0.15, 0.2) is 95.1 Å². The van der Waals surface area contributed by atoms with Gasteiger partial charge in [-0.15, -0.1) is 0 Å². The van der Waals surface area contributed by atoms with Crippen molar-refractivity contribution >= 4 is 84.7 Å². The molecule has 4 aromatic carbocycles. The second-order valence-electron chi connectivity index (χ2n) is 12.9. The van der Waals surface area contributed by atoms with E-state index in [-0.39, 0.29) is 0 Å². The highest BCUT2D eigenvalue weighted by molar-refractivity contribution is 6.38. The van der Waals surface area contributed by atoms with E-state index in [4.69, 9.17) is 34.8 Å². The fourth-order valence-corrected chi connectivity index (χ4v) is 8.21. The van der Waals surface area contributed by atoms with Crippen molar-refractivity contribution in [3.63, 3.8) is 0 Å². The predicted octanol–water partition coefficient (Wildman–Crippen LogP) is 11.9. The maximum atomic E-state index is 7.27. The highest BCUT2D eigenvalue weighted by atomic mass is 35.5. The van der Waals surface area contributed by atoms with Crippen LogP contribution < -0.4 is 5.35 Å². The molecule has 2 heterocycles. The Morgan fingerprint density at radius 3 is 2.43 bits per heavy atom. The zero-order valence-electron chi connectivity index (χ0n) is 26.8. The van der Waals surface area contributed by atoms with E-state index in [0.29, 0.717) is 5.92 Å². The molecule has 5 heteroatoms. The molecule has 0 N–H and O–H groups in total. The van der Waals surface area contributed by atoms with Gasteiger partial charge < -0.3 is 4.57 Å². The minimum atomic E-state index is 0.486. The van der Waals surface area contributed by atoms with Crippen LogP contribution in [0.4, 0.5) is 5.69 Å². The van der Waals surface area contributed by atoms with Gasteiger partial charge in [-0.2, -0.15) is 4.58 Å². The molecule has 0 saturated carbocycles. The van der Waals surface area contributed by atoms with Crippen molar-refractivity contribution in [1.82, 2.24) is 4.57 Å². The molecule has 1 atom stereocenters. The van der Waals surface area contributed by atoms with Gasteiger partial charge in [0.1, 0.15) is 6.54 Å². The molecular formula is C41H40Cl3N2+. The molecule has 0 amide bonds. The minimum absolute atomic E-state index is 0.486. The summed E-state index contributed by atoms with van der Waals surface area (Å²) in [6.45, 7) is 8.73. The number of aromatic nitrogens is 1. The molecule has 7 rings (SSSR count). The molecule has 0 radical (unpaired) electrons. The quantitative estimate of drug-likeness (QED) is 0.138. The van der Waals surface area contributed by atoms with Gasteiger partial charge in [0.05, 0.1) is 21.3 Å². The van der Waals surface area contributed by atoms with Gasteiger partial charge in [0, 0.05) is 56.8 Å². The van der Waals surface area contributed by atoms with E-state index in [1.54, 1.807) is 0 Å². The predicted molar refractivity (Wildman–Crippen MR) is 200 cm³/mol. The number of rotatable bonds is 9. The molecule has 0 spiro atoms. The normalized spacial score (nSPS) is 18.3. The minimum Gasteiger partial charge on any atom is -0.340 e. The van der Waals surface area contributed by atoms with Crippen LogP contribution in [0.1, 0.15) is 64.9 Å². The molecule has 234 valence electrons. The lowest BCUT2D eigenvalue weighted by atomic mass is 9.86. The van der Waals surface area contributed by atoms with Gasteiger partial charge in [-0.3, -0.25) is 0 Å². The van der Waals surface area contributed by atoms with Gasteiger partial charge in [0.25, 0.3) is 0 Å². The van der Waals surface area contributed by atoms with E-state index in [9.17, 15) is 0 Å². The first-order valence-corrected chi connectivity index (χ1v) is 17.9. The average molecular weight is 667 g/mol. The van der Waals surface area contributed by atoms with Crippen LogP contribution in [0.25, 0.3) is 38.5 Å². The van der Waals surface area contributed by atoms with E-state index in [2.05, 4.69) is 103 Å².